The third-order valence-corrected chi connectivity index (χ3v) is 5.92. The zero-order chi connectivity index (χ0) is 22.8. The molecule has 1 aromatic heterocycles. The second-order valence-electron chi connectivity index (χ2n) is 6.80. The van der Waals surface area contributed by atoms with E-state index in [1.54, 1.807) is 12.1 Å². The van der Waals surface area contributed by atoms with Crippen molar-refractivity contribution < 1.29 is 30.4 Å². The van der Waals surface area contributed by atoms with Crippen LogP contribution in [0.4, 0.5) is 27.8 Å². The highest BCUT2D eigenvalue weighted by atomic mass is 32.2. The largest absolute Gasteiger partial charge is 0.266 e. The van der Waals surface area contributed by atoms with Gasteiger partial charge in [-0.25, -0.2) is 30.4 Å². The van der Waals surface area contributed by atoms with Gasteiger partial charge in [-0.3, -0.25) is 9.40 Å². The molecule has 0 aliphatic heterocycles. The molecule has 0 aliphatic carbocycles. The van der Waals surface area contributed by atoms with Crippen LogP contribution >= 0.6 is 0 Å². The molecule has 0 amide bonds. The first kappa shape index (κ1) is 22.7. The Morgan fingerprint density at radius 2 is 1.48 bits per heavy atom. The lowest BCUT2D eigenvalue weighted by Gasteiger charge is -2.09. The number of sulfonamides is 1. The van der Waals surface area contributed by atoms with E-state index in [1.807, 2.05) is 6.92 Å². The molecular formula is C20H18F5N3O2S. The summed E-state index contributed by atoms with van der Waals surface area (Å²) in [6.45, 7) is 1.26. The molecule has 0 fully saturated rings. The van der Waals surface area contributed by atoms with E-state index in [4.69, 9.17) is 0 Å². The van der Waals surface area contributed by atoms with E-state index in [0.717, 1.165) is 35.7 Å². The van der Waals surface area contributed by atoms with Gasteiger partial charge >= 0.3 is 0 Å². The molecule has 0 saturated heterocycles. The Morgan fingerprint density at radius 3 is 2.06 bits per heavy atom. The Morgan fingerprint density at radius 1 is 0.903 bits per heavy atom. The van der Waals surface area contributed by atoms with Gasteiger partial charge < -0.3 is 0 Å². The van der Waals surface area contributed by atoms with Gasteiger partial charge in [0.1, 0.15) is 0 Å². The molecule has 0 atom stereocenters. The third-order valence-electron chi connectivity index (χ3n) is 4.55. The number of rotatable bonds is 8. The Hall–Kier alpha value is -2.95. The van der Waals surface area contributed by atoms with E-state index < -0.39 is 51.2 Å². The predicted octanol–water partition coefficient (Wildman–Crippen LogP) is 4.77. The average molecular weight is 459 g/mol. The monoisotopic (exact) mass is 459 g/mol. The molecule has 0 saturated carbocycles. The molecule has 2 aromatic carbocycles. The first-order valence-corrected chi connectivity index (χ1v) is 10.8. The number of nitrogens with zero attached hydrogens (tertiary/aromatic N) is 2. The average Bonchev–Trinajstić information content (AvgIpc) is 3.19. The Bertz CT molecular complexity index is 1170. The van der Waals surface area contributed by atoms with Gasteiger partial charge in [-0.2, -0.15) is 5.10 Å². The van der Waals surface area contributed by atoms with Crippen LogP contribution in [0.3, 0.4) is 0 Å². The minimum atomic E-state index is -3.99. The number of anilines is 1. The SMILES string of the molecule is CCCCc1ccc(S(=O)(=O)Nc2ccn(Cc3c(F)c(F)c(F)c(F)c3F)n2)cc1. The number of aryl methyl sites for hydroxylation is 1. The molecule has 0 aliphatic rings. The van der Waals surface area contributed by atoms with Crippen molar-refractivity contribution >= 4 is 15.8 Å². The molecule has 1 heterocycles. The maximum Gasteiger partial charge on any atom is 0.263 e. The van der Waals surface area contributed by atoms with Crippen LogP contribution in [0.2, 0.25) is 0 Å². The number of hydrogen-bond donors (Lipinski definition) is 1. The highest BCUT2D eigenvalue weighted by Crippen LogP contribution is 2.24. The van der Waals surface area contributed by atoms with Crippen LogP contribution in [0, 0.1) is 29.1 Å². The highest BCUT2D eigenvalue weighted by Gasteiger charge is 2.26. The quantitative estimate of drug-likeness (QED) is 0.300. The van der Waals surface area contributed by atoms with Crippen molar-refractivity contribution in [2.75, 3.05) is 4.72 Å². The highest BCUT2D eigenvalue weighted by molar-refractivity contribution is 7.92. The van der Waals surface area contributed by atoms with Gasteiger partial charge in [-0.15, -0.1) is 0 Å². The summed E-state index contributed by atoms with van der Waals surface area (Å²) >= 11 is 0. The summed E-state index contributed by atoms with van der Waals surface area (Å²) in [6.07, 6.45) is 3.95. The van der Waals surface area contributed by atoms with Crippen molar-refractivity contribution in [1.29, 1.82) is 0 Å². The van der Waals surface area contributed by atoms with Crippen LogP contribution in [0.25, 0.3) is 0 Å². The van der Waals surface area contributed by atoms with E-state index in [2.05, 4.69) is 9.82 Å². The predicted molar refractivity (Wildman–Crippen MR) is 103 cm³/mol. The molecule has 166 valence electrons. The summed E-state index contributed by atoms with van der Waals surface area (Å²) in [7, 11) is -3.99. The van der Waals surface area contributed by atoms with E-state index in [9.17, 15) is 30.4 Å². The zero-order valence-electron chi connectivity index (χ0n) is 16.3. The number of halogens is 5. The molecule has 11 heteroatoms. The van der Waals surface area contributed by atoms with Gasteiger partial charge in [0.25, 0.3) is 10.0 Å². The van der Waals surface area contributed by atoms with E-state index in [-0.39, 0.29) is 10.7 Å². The summed E-state index contributed by atoms with van der Waals surface area (Å²) in [5.74, 6) is -10.5. The summed E-state index contributed by atoms with van der Waals surface area (Å²) in [5, 5.41) is 3.79. The van der Waals surface area contributed by atoms with E-state index in [0.29, 0.717) is 0 Å². The Balaban J connectivity index is 1.77. The molecule has 0 radical (unpaired) electrons. The van der Waals surface area contributed by atoms with Crippen LogP contribution in [0.15, 0.2) is 41.4 Å². The molecule has 5 nitrogen and oxygen atoms in total. The number of nitrogens with one attached hydrogen (secondary N) is 1. The maximum atomic E-state index is 13.8. The van der Waals surface area contributed by atoms with Gasteiger partial charge in [0, 0.05) is 12.3 Å². The Labute approximate surface area is 175 Å². The molecule has 0 bridgehead atoms. The minimum absolute atomic E-state index is 0.0120. The molecule has 0 spiro atoms. The summed E-state index contributed by atoms with van der Waals surface area (Å²) < 4.78 is 95.5. The van der Waals surface area contributed by atoms with E-state index in [1.165, 1.54) is 18.2 Å². The zero-order valence-corrected chi connectivity index (χ0v) is 17.1. The van der Waals surface area contributed by atoms with Gasteiger partial charge in [0.15, 0.2) is 29.1 Å². The van der Waals surface area contributed by atoms with Gasteiger partial charge in [0.05, 0.1) is 17.0 Å². The first-order chi connectivity index (χ1) is 14.6. The molecule has 1 N–H and O–H groups in total. The lowest BCUT2D eigenvalue weighted by atomic mass is 10.1. The third kappa shape index (κ3) is 4.87. The topological polar surface area (TPSA) is 64.0 Å². The second-order valence-corrected chi connectivity index (χ2v) is 8.48. The Kier molecular flexibility index (Phi) is 6.63. The van der Waals surface area contributed by atoms with Crippen LogP contribution in [-0.4, -0.2) is 18.2 Å². The number of hydrogen-bond acceptors (Lipinski definition) is 3. The fourth-order valence-corrected chi connectivity index (χ4v) is 3.86. The summed E-state index contributed by atoms with van der Waals surface area (Å²) in [6, 6.07) is 7.48. The van der Waals surface area contributed by atoms with Crippen molar-refractivity contribution in [3.8, 4) is 0 Å². The van der Waals surface area contributed by atoms with Crippen molar-refractivity contribution in [3.63, 3.8) is 0 Å². The summed E-state index contributed by atoms with van der Waals surface area (Å²) in [5.41, 5.74) is -0.0931. The van der Waals surface area contributed by atoms with Crippen LogP contribution in [-0.2, 0) is 23.0 Å². The molecule has 3 aromatic rings. The van der Waals surface area contributed by atoms with Crippen molar-refractivity contribution in [3.05, 3.63) is 76.7 Å². The fourth-order valence-electron chi connectivity index (χ4n) is 2.87. The summed E-state index contributed by atoms with van der Waals surface area (Å²) in [4.78, 5) is -0.0120. The van der Waals surface area contributed by atoms with Gasteiger partial charge in [0.2, 0.25) is 5.82 Å². The molecule has 3 rings (SSSR count). The lowest BCUT2D eigenvalue weighted by Crippen LogP contribution is -2.14. The van der Waals surface area contributed by atoms with E-state index >= 15 is 0 Å². The standard InChI is InChI=1S/C20H18F5N3O2S/c1-2-3-4-12-5-7-13(8-6-12)31(29,30)27-15-9-10-28(26-15)11-14-16(21)18(23)20(25)19(24)17(14)22/h5-10H,2-4,11H2,1H3,(H,26,27). The van der Waals surface area contributed by atoms with Gasteiger partial charge in [-0.05, 0) is 30.5 Å². The number of benzene rings is 2. The second kappa shape index (κ2) is 9.04. The van der Waals surface area contributed by atoms with Crippen LogP contribution < -0.4 is 4.72 Å². The molecular weight excluding hydrogens is 441 g/mol. The number of unbranched alkanes of at least 4 members (excludes halogenated alkanes) is 1. The van der Waals surface area contributed by atoms with Crippen LogP contribution in [0.1, 0.15) is 30.9 Å². The first-order valence-electron chi connectivity index (χ1n) is 9.29. The minimum Gasteiger partial charge on any atom is -0.266 e. The molecule has 0 unspecified atom stereocenters. The maximum absolute atomic E-state index is 13.8. The smallest absolute Gasteiger partial charge is 0.263 e. The number of aromatic nitrogens is 2. The fraction of sp³-hybridized carbons (Fsp3) is 0.250. The van der Waals surface area contributed by atoms with Crippen molar-refractivity contribution in [2.45, 2.75) is 37.6 Å². The normalized spacial score (nSPS) is 11.7. The lowest BCUT2D eigenvalue weighted by molar-refractivity contribution is 0.367. The van der Waals surface area contributed by atoms with Crippen molar-refractivity contribution in [2.24, 2.45) is 0 Å². The van der Waals surface area contributed by atoms with Gasteiger partial charge in [-0.1, -0.05) is 25.5 Å². The van der Waals surface area contributed by atoms with Crippen LogP contribution in [0.5, 0.6) is 0 Å². The van der Waals surface area contributed by atoms with Crippen molar-refractivity contribution in [1.82, 2.24) is 9.78 Å². The molecule has 31 heavy (non-hydrogen) atoms.